The third-order valence-corrected chi connectivity index (χ3v) is 29.4. The van der Waals surface area contributed by atoms with E-state index in [9.17, 15) is 0 Å². The lowest BCUT2D eigenvalue weighted by Crippen LogP contribution is -2.21. The molecule has 0 nitrogen and oxygen atoms in total. The van der Waals surface area contributed by atoms with E-state index in [1.165, 1.54) is 520 Å². The fraction of sp³-hybridized carbons (Fsp3) is 1.00. The fourth-order valence-corrected chi connectivity index (χ4v) is 18.5. The van der Waals surface area contributed by atoms with Crippen molar-refractivity contribution in [3.63, 3.8) is 0 Å². The Labute approximate surface area is 850 Å². The monoisotopic (exact) mass is 1870 g/mol. The first-order valence-corrected chi connectivity index (χ1v) is 61.7. The molecular weight excluding hydrogens is 1570 g/mol. The maximum atomic E-state index is 2.36. The summed E-state index contributed by atoms with van der Waals surface area (Å²) in [6, 6.07) is 0. The Morgan fingerprint density at radius 3 is 0.466 bits per heavy atom. The molecule has 0 heteroatoms. The highest BCUT2D eigenvalue weighted by Gasteiger charge is 2.26. The molecular formula is C131H292. The summed E-state index contributed by atoms with van der Waals surface area (Å²) in [7, 11) is 0. The number of unbranched alkanes of at least 4 members (excludes halogenated alkanes) is 22. The summed E-state index contributed by atoms with van der Waals surface area (Å²) in [4.78, 5) is 0. The van der Waals surface area contributed by atoms with Crippen molar-refractivity contribution in [3.05, 3.63) is 0 Å². The summed E-state index contributed by atoms with van der Waals surface area (Å²) in [5.41, 5.74) is 0. The van der Waals surface area contributed by atoms with Gasteiger partial charge in [-0.3, -0.25) is 0 Å². The molecule has 131 heavy (non-hydrogen) atoms. The van der Waals surface area contributed by atoms with Gasteiger partial charge in [0.1, 0.15) is 0 Å². The Morgan fingerprint density at radius 2 is 0.305 bits per heavy atom. The van der Waals surface area contributed by atoms with Crippen molar-refractivity contribution < 1.29 is 0 Å². The predicted octanol–water partition coefficient (Wildman–Crippen LogP) is 53.1. The third kappa shape index (κ3) is 153. The Bertz CT molecular complexity index is 1420. The van der Waals surface area contributed by atoms with Gasteiger partial charge in [0.15, 0.2) is 0 Å². The second-order valence-corrected chi connectivity index (χ2v) is 41.4. The van der Waals surface area contributed by atoms with Crippen molar-refractivity contribution in [2.45, 2.75) is 785 Å². The first-order valence-electron chi connectivity index (χ1n) is 61.7. The van der Waals surface area contributed by atoms with Crippen LogP contribution in [0.4, 0.5) is 0 Å². The summed E-state index contributed by atoms with van der Waals surface area (Å²) in [6.45, 7) is 77.3. The normalized spacial score (nSPS) is 15.9. The highest BCUT2D eigenvalue weighted by atomic mass is 14.3. The molecule has 4 aliphatic rings. The van der Waals surface area contributed by atoms with E-state index in [0.717, 1.165) is 71.0 Å². The zero-order valence-electron chi connectivity index (χ0n) is 98.2. The van der Waals surface area contributed by atoms with Crippen LogP contribution in [0.2, 0.25) is 0 Å². The van der Waals surface area contributed by atoms with Gasteiger partial charge >= 0.3 is 0 Å². The van der Waals surface area contributed by atoms with Crippen LogP contribution in [0.5, 0.6) is 0 Å². The average Bonchev–Trinajstić information content (AvgIpc) is 0.880. The lowest BCUT2D eigenvalue weighted by atomic mass is 9.72. The van der Waals surface area contributed by atoms with Crippen molar-refractivity contribution >= 4 is 0 Å². The molecule has 0 heterocycles. The first kappa shape index (κ1) is 165. The van der Waals surface area contributed by atoms with Crippen molar-refractivity contribution in [3.8, 4) is 0 Å². The minimum Gasteiger partial charge on any atom is -0.0776 e. The van der Waals surface area contributed by atoms with Crippen LogP contribution in [-0.2, 0) is 0 Å². The summed E-state index contributed by atoms with van der Waals surface area (Å²) in [5, 5.41) is 0. The van der Waals surface area contributed by atoms with Gasteiger partial charge in [0.2, 0.25) is 0 Å². The molecule has 4 fully saturated rings. The van der Waals surface area contributed by atoms with Crippen LogP contribution in [0.3, 0.4) is 0 Å². The van der Waals surface area contributed by atoms with Crippen LogP contribution in [0.1, 0.15) is 785 Å². The molecule has 0 aromatic heterocycles. The van der Waals surface area contributed by atoms with Crippen LogP contribution in [-0.4, -0.2) is 0 Å². The average molecular weight is 1870 g/mol. The number of rotatable bonds is 54. The molecule has 0 spiro atoms. The molecule has 0 atom stereocenters. The van der Waals surface area contributed by atoms with E-state index < -0.39 is 0 Å². The first-order chi connectivity index (χ1) is 61.7. The molecule has 0 aliphatic heterocycles. The zero-order valence-corrected chi connectivity index (χ0v) is 98.2. The number of hydrogen-bond donors (Lipinski definition) is 0. The third-order valence-electron chi connectivity index (χ3n) is 29.4. The standard InChI is InChI=1S/C13H28.2C12H24.4C11H24.C8H16.3C7H16.C6H12.C5H12.2C3H8.4CH4/c1-4-7-10-13(11-8-5-2)12-9-6-3;1-4-10-7-11(5-2)9-12(6-3)8-10;1-3-11-7-5-9-12(4-2)10-6-8-11;1-5-10(6-2)9-11(7-3)8-4;1-4-7-8-9-10-11(5-2)6-3;1-4-7-9-11(6-3)10-8-5-2;1-3-5-7-9-11-10-8-6-4-2;1-2-4-6-8-7-5-3-1;2*1-4-7(5-2)6-3;1-3-5-7-6-4-2;1-2-4-6-5-3-1;1-3-5-4-2;2*1-3-2;;;;/h13H,4-12H2,1-3H3;10-12H,4-9H2,1-3H3;11-12H,3-10H2,1-2H3;10-11H,5-9H2,1-4H3;2*11H,4-10H2,1-3H3;3-11H2,1-2H3;1-8H2;2*7H,4-6H2,1-3H3;3-7H2,1-2H3;1-6H2;3-5H2,1-2H3;2*3H2,1-2H3;4*1H4. The van der Waals surface area contributed by atoms with Crippen molar-refractivity contribution in [2.75, 3.05) is 0 Å². The lowest BCUT2D eigenvalue weighted by Gasteiger charge is -2.33. The molecule has 4 saturated carbocycles. The molecule has 0 aromatic rings. The van der Waals surface area contributed by atoms with E-state index in [2.05, 4.69) is 235 Å². The van der Waals surface area contributed by atoms with E-state index in [1.54, 1.807) is 0 Å². The van der Waals surface area contributed by atoms with Crippen LogP contribution in [0.25, 0.3) is 0 Å². The molecule has 0 saturated heterocycles. The maximum absolute atomic E-state index is 2.36. The van der Waals surface area contributed by atoms with Gasteiger partial charge in [0.25, 0.3) is 0 Å². The fourth-order valence-electron chi connectivity index (χ4n) is 18.5. The topological polar surface area (TPSA) is 0 Å². The predicted molar refractivity (Wildman–Crippen MR) is 636 cm³/mol. The molecule has 0 N–H and O–H groups in total. The second-order valence-electron chi connectivity index (χ2n) is 41.4. The minimum absolute atomic E-state index is 0. The quantitative estimate of drug-likeness (QED) is 0.0533. The van der Waals surface area contributed by atoms with Crippen molar-refractivity contribution in [1.29, 1.82) is 0 Å². The molecule has 0 unspecified atom stereocenters. The van der Waals surface area contributed by atoms with Crippen LogP contribution in [0, 0.1) is 71.0 Å². The van der Waals surface area contributed by atoms with E-state index in [1.807, 2.05) is 0 Å². The Morgan fingerprint density at radius 1 is 0.145 bits per heavy atom. The Kier molecular flexibility index (Phi) is 198. The largest absolute Gasteiger partial charge is 0.0776 e. The van der Waals surface area contributed by atoms with Crippen LogP contribution in [0.15, 0.2) is 0 Å². The SMILES string of the molecule is C.C.C.C.C1CCCCC1.C1CCCCCCC1.CCC.CCC.CCC(CC)CC.CCC(CC)CC.CCC(CC)CC(CC)CC.CCC1CC(CC)CC(CC)C1.CCC1CCCC(CC)CCC1.CCCCC.CCCCC(CC)CCCC.CCCCC(CCCC)CCCC.CCCCCCC.CCCCCCC(CC)CC.CCCCCCCCCCC. The van der Waals surface area contributed by atoms with E-state index in [0.29, 0.717) is 0 Å². The molecule has 0 aromatic carbocycles. The lowest BCUT2D eigenvalue weighted by molar-refractivity contribution is 0.183. The smallest absolute Gasteiger partial charge is 0.0412 e. The summed E-state index contributed by atoms with van der Waals surface area (Å²) >= 11 is 0. The van der Waals surface area contributed by atoms with Gasteiger partial charge in [-0.25, -0.2) is 0 Å². The van der Waals surface area contributed by atoms with Gasteiger partial charge < -0.3 is 0 Å². The van der Waals surface area contributed by atoms with Gasteiger partial charge in [-0.15, -0.1) is 0 Å². The van der Waals surface area contributed by atoms with Crippen LogP contribution >= 0.6 is 0 Å². The van der Waals surface area contributed by atoms with Gasteiger partial charge in [-0.2, -0.15) is 0 Å². The molecule has 4 rings (SSSR count). The Hall–Kier alpha value is 0. The van der Waals surface area contributed by atoms with Crippen molar-refractivity contribution in [2.24, 2.45) is 71.0 Å². The van der Waals surface area contributed by atoms with Gasteiger partial charge in [-0.1, -0.05) is 760 Å². The second kappa shape index (κ2) is 158. The van der Waals surface area contributed by atoms with E-state index >= 15 is 0 Å². The Balaban J connectivity index is -0.0000000855. The van der Waals surface area contributed by atoms with Gasteiger partial charge in [0.05, 0.1) is 0 Å². The summed E-state index contributed by atoms with van der Waals surface area (Å²) in [5.74, 6) is 12.3. The minimum atomic E-state index is 0. The molecule has 0 amide bonds. The van der Waals surface area contributed by atoms with Gasteiger partial charge in [0, 0.05) is 0 Å². The number of hydrogen-bond acceptors (Lipinski definition) is 0. The molecule has 0 radical (unpaired) electrons. The highest BCUT2D eigenvalue weighted by molar-refractivity contribution is 4.77. The summed E-state index contributed by atoms with van der Waals surface area (Å²) in [6.07, 6.45) is 116. The van der Waals surface area contributed by atoms with Crippen molar-refractivity contribution in [1.82, 2.24) is 0 Å². The van der Waals surface area contributed by atoms with Gasteiger partial charge in [-0.05, 0) is 96.7 Å². The molecule has 4 aliphatic carbocycles. The highest BCUT2D eigenvalue weighted by Crippen LogP contribution is 2.38. The van der Waals surface area contributed by atoms with E-state index in [4.69, 9.17) is 0 Å². The molecule has 0 bridgehead atoms. The molecule has 816 valence electrons. The summed E-state index contributed by atoms with van der Waals surface area (Å²) < 4.78 is 0. The zero-order chi connectivity index (χ0) is 98.2. The van der Waals surface area contributed by atoms with Crippen LogP contribution < -0.4 is 0 Å². The maximum Gasteiger partial charge on any atom is -0.0412 e. The van der Waals surface area contributed by atoms with E-state index in [-0.39, 0.29) is 29.7 Å².